The van der Waals surface area contributed by atoms with Gasteiger partial charge in [0.2, 0.25) is 5.91 Å². The fourth-order valence-electron chi connectivity index (χ4n) is 3.61. The summed E-state index contributed by atoms with van der Waals surface area (Å²) in [5, 5.41) is 4.59. The Bertz CT molecular complexity index is 814. The summed E-state index contributed by atoms with van der Waals surface area (Å²) >= 11 is 1.81. The van der Waals surface area contributed by atoms with Crippen LogP contribution in [0.5, 0.6) is 0 Å². The fourth-order valence-corrected chi connectivity index (χ4v) is 4.57. The standard InChI is InChI=1S/C19H27N5OS/c1-11(2)26-15-9-22-18-16(17(15)24-7-3-4-13(20)10-24)14(8-21-18)23-19(25)12-5-6-12/h8-9,11-13H,3-7,10,20H2,1-2H3,(H,21,22)(H,23,25)/t13-/m1/s1. The Hall–Kier alpha value is -1.73. The van der Waals surface area contributed by atoms with E-state index in [2.05, 4.69) is 34.0 Å². The van der Waals surface area contributed by atoms with Gasteiger partial charge in [-0.1, -0.05) is 13.8 Å². The van der Waals surface area contributed by atoms with Gasteiger partial charge in [-0.25, -0.2) is 4.98 Å². The summed E-state index contributed by atoms with van der Waals surface area (Å²) in [6.07, 6.45) is 7.96. The number of hydrogen-bond donors (Lipinski definition) is 3. The second-order valence-electron chi connectivity index (χ2n) is 7.68. The Kier molecular flexibility index (Phi) is 4.84. The Balaban J connectivity index is 1.79. The molecule has 1 aliphatic carbocycles. The molecule has 4 rings (SSSR count). The van der Waals surface area contributed by atoms with Gasteiger partial charge < -0.3 is 20.9 Å². The van der Waals surface area contributed by atoms with Crippen LogP contribution in [0.25, 0.3) is 11.0 Å². The number of carbonyl (C=O) groups excluding carboxylic acids is 1. The van der Waals surface area contributed by atoms with Gasteiger partial charge in [-0.2, -0.15) is 0 Å². The molecule has 2 aromatic heterocycles. The molecule has 140 valence electrons. The molecule has 1 saturated heterocycles. The van der Waals surface area contributed by atoms with Crippen molar-refractivity contribution in [3.05, 3.63) is 12.4 Å². The van der Waals surface area contributed by atoms with E-state index in [1.54, 1.807) is 0 Å². The van der Waals surface area contributed by atoms with Crippen LogP contribution in [0, 0.1) is 5.92 Å². The van der Waals surface area contributed by atoms with Crippen molar-refractivity contribution >= 4 is 40.1 Å². The van der Waals surface area contributed by atoms with Gasteiger partial charge in [-0.3, -0.25) is 4.79 Å². The SMILES string of the molecule is CC(C)Sc1cnc2[nH]cc(NC(=O)C3CC3)c2c1N1CCC[C@@H](N)C1. The van der Waals surface area contributed by atoms with Crippen molar-refractivity contribution in [2.75, 3.05) is 23.3 Å². The topological polar surface area (TPSA) is 87.0 Å². The van der Waals surface area contributed by atoms with Crippen LogP contribution in [0.2, 0.25) is 0 Å². The van der Waals surface area contributed by atoms with Crippen molar-refractivity contribution in [2.45, 2.75) is 55.7 Å². The number of fused-ring (bicyclic) bond motifs is 1. The number of pyridine rings is 1. The molecule has 2 aliphatic rings. The zero-order valence-electron chi connectivity index (χ0n) is 15.4. The molecule has 26 heavy (non-hydrogen) atoms. The smallest absolute Gasteiger partial charge is 0.227 e. The number of aromatic amines is 1. The van der Waals surface area contributed by atoms with Crippen LogP contribution >= 0.6 is 11.8 Å². The number of amides is 1. The Morgan fingerprint density at radius 1 is 1.42 bits per heavy atom. The van der Waals surface area contributed by atoms with Crippen LogP contribution in [-0.2, 0) is 4.79 Å². The van der Waals surface area contributed by atoms with Crippen molar-refractivity contribution in [1.82, 2.24) is 9.97 Å². The molecular weight excluding hydrogens is 346 g/mol. The third-order valence-corrected chi connectivity index (χ3v) is 6.01. The van der Waals surface area contributed by atoms with Crippen LogP contribution in [-0.4, -0.2) is 40.3 Å². The van der Waals surface area contributed by atoms with E-state index in [9.17, 15) is 4.79 Å². The minimum absolute atomic E-state index is 0.120. The molecule has 0 unspecified atom stereocenters. The number of nitrogens with two attached hydrogens (primary N) is 1. The molecule has 7 heteroatoms. The second-order valence-corrected chi connectivity index (χ2v) is 9.29. The molecule has 0 bridgehead atoms. The largest absolute Gasteiger partial charge is 0.368 e. The highest BCUT2D eigenvalue weighted by Crippen LogP contribution is 2.42. The summed E-state index contributed by atoms with van der Waals surface area (Å²) in [4.78, 5) is 23.7. The second kappa shape index (κ2) is 7.12. The summed E-state index contributed by atoms with van der Waals surface area (Å²) in [6.45, 7) is 6.20. The molecule has 0 radical (unpaired) electrons. The minimum atomic E-state index is 0.120. The fraction of sp³-hybridized carbons (Fsp3) is 0.579. The van der Waals surface area contributed by atoms with Crippen molar-refractivity contribution in [3.63, 3.8) is 0 Å². The first kappa shape index (κ1) is 17.7. The highest BCUT2D eigenvalue weighted by atomic mass is 32.2. The number of aromatic nitrogens is 2. The molecule has 6 nitrogen and oxygen atoms in total. The first-order valence-electron chi connectivity index (χ1n) is 9.51. The van der Waals surface area contributed by atoms with Crippen LogP contribution in [0.15, 0.2) is 17.3 Å². The van der Waals surface area contributed by atoms with Gasteiger partial charge in [0.25, 0.3) is 0 Å². The van der Waals surface area contributed by atoms with Crippen molar-refractivity contribution in [3.8, 4) is 0 Å². The minimum Gasteiger partial charge on any atom is -0.368 e. The quantitative estimate of drug-likeness (QED) is 0.700. The van der Waals surface area contributed by atoms with Gasteiger partial charge in [0.1, 0.15) is 5.65 Å². The van der Waals surface area contributed by atoms with E-state index >= 15 is 0 Å². The lowest BCUT2D eigenvalue weighted by atomic mass is 10.1. The van der Waals surface area contributed by atoms with Crippen LogP contribution in [0.1, 0.15) is 39.5 Å². The number of piperidine rings is 1. The lowest BCUT2D eigenvalue weighted by Gasteiger charge is -2.34. The third-order valence-electron chi connectivity index (χ3n) is 4.98. The van der Waals surface area contributed by atoms with E-state index < -0.39 is 0 Å². The van der Waals surface area contributed by atoms with Gasteiger partial charge in [0, 0.05) is 42.7 Å². The van der Waals surface area contributed by atoms with E-state index in [1.165, 1.54) is 0 Å². The molecule has 1 atom stereocenters. The molecule has 2 fully saturated rings. The Morgan fingerprint density at radius 2 is 2.23 bits per heavy atom. The van der Waals surface area contributed by atoms with E-state index in [0.717, 1.165) is 66.1 Å². The maximum Gasteiger partial charge on any atom is 0.227 e. The number of nitrogens with one attached hydrogen (secondary N) is 2. The maximum atomic E-state index is 12.3. The van der Waals surface area contributed by atoms with E-state index in [-0.39, 0.29) is 17.9 Å². The zero-order valence-corrected chi connectivity index (χ0v) is 16.2. The molecule has 1 saturated carbocycles. The van der Waals surface area contributed by atoms with Crippen molar-refractivity contribution < 1.29 is 4.79 Å². The molecule has 1 amide bonds. The average Bonchev–Trinajstić information content (AvgIpc) is 3.37. The molecule has 2 aromatic rings. The molecule has 0 spiro atoms. The number of hydrogen-bond acceptors (Lipinski definition) is 5. The monoisotopic (exact) mass is 373 g/mol. The molecule has 1 aliphatic heterocycles. The summed E-state index contributed by atoms with van der Waals surface area (Å²) in [5.41, 5.74) is 9.08. The number of H-pyrrole nitrogens is 1. The van der Waals surface area contributed by atoms with Gasteiger partial charge >= 0.3 is 0 Å². The zero-order chi connectivity index (χ0) is 18.3. The van der Waals surface area contributed by atoms with Gasteiger partial charge in [-0.15, -0.1) is 11.8 Å². The van der Waals surface area contributed by atoms with Crippen molar-refractivity contribution in [1.29, 1.82) is 0 Å². The van der Waals surface area contributed by atoms with Crippen LogP contribution in [0.4, 0.5) is 11.4 Å². The summed E-state index contributed by atoms with van der Waals surface area (Å²) < 4.78 is 0. The van der Waals surface area contributed by atoms with E-state index in [1.807, 2.05) is 24.2 Å². The molecule has 4 N–H and O–H groups in total. The average molecular weight is 374 g/mol. The van der Waals surface area contributed by atoms with Gasteiger partial charge in [0.05, 0.1) is 21.7 Å². The maximum absolute atomic E-state index is 12.3. The number of carbonyl (C=O) groups is 1. The van der Waals surface area contributed by atoms with E-state index in [4.69, 9.17) is 5.73 Å². The predicted molar refractivity (Wildman–Crippen MR) is 108 cm³/mol. The Labute approximate surface area is 158 Å². The molecule has 3 heterocycles. The van der Waals surface area contributed by atoms with Crippen LogP contribution < -0.4 is 16.0 Å². The summed E-state index contributed by atoms with van der Waals surface area (Å²) in [6, 6.07) is 0.187. The number of nitrogens with zero attached hydrogens (tertiary/aromatic N) is 2. The summed E-state index contributed by atoms with van der Waals surface area (Å²) in [7, 11) is 0. The molecular formula is C19H27N5OS. The highest BCUT2D eigenvalue weighted by molar-refractivity contribution is 8.00. The Morgan fingerprint density at radius 3 is 2.92 bits per heavy atom. The predicted octanol–water partition coefficient (Wildman–Crippen LogP) is 3.34. The van der Waals surface area contributed by atoms with Gasteiger partial charge in [0.15, 0.2) is 0 Å². The summed E-state index contributed by atoms with van der Waals surface area (Å²) in [5.74, 6) is 0.294. The normalized spacial score (nSPS) is 20.8. The van der Waals surface area contributed by atoms with Crippen molar-refractivity contribution in [2.24, 2.45) is 11.7 Å². The third kappa shape index (κ3) is 3.55. The van der Waals surface area contributed by atoms with Crippen LogP contribution in [0.3, 0.4) is 0 Å². The number of thioether (sulfide) groups is 1. The highest BCUT2D eigenvalue weighted by Gasteiger charge is 2.31. The lowest BCUT2D eigenvalue weighted by Crippen LogP contribution is -2.43. The lowest BCUT2D eigenvalue weighted by molar-refractivity contribution is -0.117. The first-order chi connectivity index (χ1) is 12.5. The molecule has 0 aromatic carbocycles. The van der Waals surface area contributed by atoms with Gasteiger partial charge in [-0.05, 0) is 25.7 Å². The first-order valence-corrected chi connectivity index (χ1v) is 10.4. The number of rotatable bonds is 5. The number of anilines is 2. The van der Waals surface area contributed by atoms with E-state index in [0.29, 0.717) is 5.25 Å².